The Balaban J connectivity index is 3.40. The van der Waals surface area contributed by atoms with Crippen LogP contribution < -0.4 is 0 Å². The maximum atomic E-state index is 12.6. The minimum absolute atomic E-state index is 0.119. The quantitative estimate of drug-likeness (QED) is 0.649. The molecule has 0 saturated carbocycles. The van der Waals surface area contributed by atoms with Gasteiger partial charge in [0, 0.05) is 0 Å². The fourth-order valence-electron chi connectivity index (χ4n) is 0.630. The predicted molar refractivity (Wildman–Crippen MR) is 37.8 cm³/mol. The van der Waals surface area contributed by atoms with Crippen LogP contribution in [0.2, 0.25) is 5.02 Å². The van der Waals surface area contributed by atoms with Gasteiger partial charge >= 0.3 is 0 Å². The molecule has 56 valence electrons. The fraction of sp³-hybridized carbons (Fsp3) is 0. The first kappa shape index (κ1) is 7.83. The largest absolute Gasteiger partial charge is 0.504 e. The summed E-state index contributed by atoms with van der Waals surface area (Å²) in [5, 5.41) is 17.0. The summed E-state index contributed by atoms with van der Waals surface area (Å²) in [5.74, 6) is -1.65. The van der Waals surface area contributed by atoms with E-state index < -0.39 is 11.6 Å². The lowest BCUT2D eigenvalue weighted by molar-refractivity contribution is 0.431. The number of phenolic OH excluding ortho intramolecular Hbond substituents is 1. The first-order valence-corrected chi connectivity index (χ1v) is 3.11. The lowest BCUT2D eigenvalue weighted by Gasteiger charge is -1.97. The number of hydrogen-bond donors (Lipinski definition) is 1. The van der Waals surface area contributed by atoms with Gasteiger partial charge in [-0.2, -0.15) is 5.26 Å². The van der Waals surface area contributed by atoms with Gasteiger partial charge in [0.2, 0.25) is 0 Å². The van der Waals surface area contributed by atoms with E-state index in [0.717, 1.165) is 0 Å². The minimum atomic E-state index is -0.953. The maximum absolute atomic E-state index is 12.6. The van der Waals surface area contributed by atoms with Crippen molar-refractivity contribution < 1.29 is 9.50 Å². The highest BCUT2D eigenvalue weighted by molar-refractivity contribution is 6.30. The highest BCUT2D eigenvalue weighted by Gasteiger charge is 2.09. The van der Waals surface area contributed by atoms with Gasteiger partial charge in [-0.05, 0) is 12.1 Å². The highest BCUT2D eigenvalue weighted by Crippen LogP contribution is 2.26. The standard InChI is InChI=1S/C7H3ClFNO/c8-5-2-1-4(3-10)7(11)6(5)9/h1-2,11H. The van der Waals surface area contributed by atoms with Crippen molar-refractivity contribution in [1.82, 2.24) is 0 Å². The highest BCUT2D eigenvalue weighted by atomic mass is 35.5. The Hall–Kier alpha value is -1.27. The van der Waals surface area contributed by atoms with Crippen LogP contribution in [0.25, 0.3) is 0 Å². The Morgan fingerprint density at radius 3 is 2.73 bits per heavy atom. The molecule has 0 heterocycles. The normalized spacial score (nSPS) is 9.18. The summed E-state index contributed by atoms with van der Waals surface area (Å²) in [5.41, 5.74) is -0.119. The first-order valence-electron chi connectivity index (χ1n) is 2.74. The molecule has 0 saturated heterocycles. The number of benzene rings is 1. The summed E-state index contributed by atoms with van der Waals surface area (Å²) in [4.78, 5) is 0. The topological polar surface area (TPSA) is 44.0 Å². The van der Waals surface area contributed by atoms with Gasteiger partial charge in [-0.15, -0.1) is 0 Å². The van der Waals surface area contributed by atoms with Crippen LogP contribution in [0.5, 0.6) is 5.75 Å². The van der Waals surface area contributed by atoms with Crippen molar-refractivity contribution in [2.75, 3.05) is 0 Å². The van der Waals surface area contributed by atoms with Crippen LogP contribution in [0.15, 0.2) is 12.1 Å². The molecule has 0 atom stereocenters. The lowest BCUT2D eigenvalue weighted by Crippen LogP contribution is -1.82. The number of hydrogen-bond acceptors (Lipinski definition) is 2. The van der Waals surface area contributed by atoms with Crippen LogP contribution >= 0.6 is 11.6 Å². The fourth-order valence-corrected chi connectivity index (χ4v) is 0.783. The van der Waals surface area contributed by atoms with Crippen LogP contribution in [0.3, 0.4) is 0 Å². The molecule has 0 radical (unpaired) electrons. The van der Waals surface area contributed by atoms with Crippen molar-refractivity contribution in [1.29, 1.82) is 5.26 Å². The van der Waals surface area contributed by atoms with Crippen molar-refractivity contribution in [3.8, 4) is 11.8 Å². The monoisotopic (exact) mass is 171 g/mol. The second-order valence-corrected chi connectivity index (χ2v) is 2.28. The molecule has 2 nitrogen and oxygen atoms in total. The van der Waals surface area contributed by atoms with Crippen LogP contribution in [0.4, 0.5) is 4.39 Å². The summed E-state index contributed by atoms with van der Waals surface area (Å²) in [6.07, 6.45) is 0. The predicted octanol–water partition coefficient (Wildman–Crippen LogP) is 2.06. The molecule has 0 amide bonds. The minimum Gasteiger partial charge on any atom is -0.504 e. The number of halogens is 2. The molecule has 0 aliphatic rings. The van der Waals surface area contributed by atoms with E-state index in [4.69, 9.17) is 22.0 Å². The number of phenols is 1. The first-order chi connectivity index (χ1) is 5.16. The van der Waals surface area contributed by atoms with Crippen molar-refractivity contribution in [2.45, 2.75) is 0 Å². The Morgan fingerprint density at radius 2 is 2.18 bits per heavy atom. The van der Waals surface area contributed by atoms with Gasteiger partial charge in [0.25, 0.3) is 0 Å². The van der Waals surface area contributed by atoms with Crippen LogP contribution in [-0.2, 0) is 0 Å². The molecule has 1 aromatic carbocycles. The molecule has 0 spiro atoms. The van der Waals surface area contributed by atoms with E-state index in [-0.39, 0.29) is 10.6 Å². The molecular formula is C7H3ClFNO. The Morgan fingerprint density at radius 1 is 1.55 bits per heavy atom. The number of nitriles is 1. The van der Waals surface area contributed by atoms with Gasteiger partial charge in [0.15, 0.2) is 11.6 Å². The second-order valence-electron chi connectivity index (χ2n) is 1.87. The number of rotatable bonds is 0. The summed E-state index contributed by atoms with van der Waals surface area (Å²) >= 11 is 5.30. The van der Waals surface area contributed by atoms with Gasteiger partial charge in [-0.1, -0.05) is 11.6 Å². The van der Waals surface area contributed by atoms with Crippen LogP contribution in [0.1, 0.15) is 5.56 Å². The van der Waals surface area contributed by atoms with Crippen molar-refractivity contribution in [3.63, 3.8) is 0 Å². The molecular weight excluding hydrogens is 169 g/mol. The summed E-state index contributed by atoms with van der Waals surface area (Å²) in [6, 6.07) is 4.08. The molecule has 0 bridgehead atoms. The zero-order valence-electron chi connectivity index (χ0n) is 5.31. The Labute approximate surface area is 67.5 Å². The molecule has 0 fully saturated rings. The van der Waals surface area contributed by atoms with E-state index in [0.29, 0.717) is 0 Å². The van der Waals surface area contributed by atoms with E-state index in [2.05, 4.69) is 0 Å². The molecule has 0 aromatic heterocycles. The molecule has 1 rings (SSSR count). The molecule has 11 heavy (non-hydrogen) atoms. The number of aromatic hydroxyl groups is 1. The van der Waals surface area contributed by atoms with Gasteiger partial charge in [0.1, 0.15) is 6.07 Å². The van der Waals surface area contributed by atoms with Crippen molar-refractivity contribution >= 4 is 11.6 Å². The van der Waals surface area contributed by atoms with E-state index in [1.54, 1.807) is 6.07 Å². The van der Waals surface area contributed by atoms with Crippen molar-refractivity contribution in [3.05, 3.63) is 28.5 Å². The Kier molecular flexibility index (Phi) is 1.97. The number of nitrogens with zero attached hydrogens (tertiary/aromatic N) is 1. The molecule has 0 aliphatic heterocycles. The average Bonchev–Trinajstić information content (AvgIpc) is 2.01. The zero-order chi connectivity index (χ0) is 8.43. The van der Waals surface area contributed by atoms with E-state index in [9.17, 15) is 4.39 Å². The van der Waals surface area contributed by atoms with Crippen LogP contribution in [-0.4, -0.2) is 5.11 Å². The van der Waals surface area contributed by atoms with E-state index in [1.807, 2.05) is 0 Å². The SMILES string of the molecule is N#Cc1ccc(Cl)c(F)c1O. The molecule has 0 aliphatic carbocycles. The molecule has 1 aromatic rings. The maximum Gasteiger partial charge on any atom is 0.184 e. The summed E-state index contributed by atoms with van der Waals surface area (Å²) < 4.78 is 12.6. The third-order valence-corrected chi connectivity index (χ3v) is 1.48. The van der Waals surface area contributed by atoms with E-state index >= 15 is 0 Å². The molecule has 4 heteroatoms. The van der Waals surface area contributed by atoms with Crippen LogP contribution in [0, 0.1) is 17.1 Å². The zero-order valence-corrected chi connectivity index (χ0v) is 6.06. The second kappa shape index (κ2) is 2.77. The van der Waals surface area contributed by atoms with Gasteiger partial charge in [-0.25, -0.2) is 4.39 Å². The molecule has 0 unspecified atom stereocenters. The van der Waals surface area contributed by atoms with Gasteiger partial charge in [0.05, 0.1) is 10.6 Å². The third-order valence-electron chi connectivity index (χ3n) is 1.19. The van der Waals surface area contributed by atoms with E-state index in [1.165, 1.54) is 12.1 Å². The van der Waals surface area contributed by atoms with Gasteiger partial charge < -0.3 is 5.11 Å². The average molecular weight is 172 g/mol. The third kappa shape index (κ3) is 1.26. The summed E-state index contributed by atoms with van der Waals surface area (Å²) in [6.45, 7) is 0. The molecule has 1 N–H and O–H groups in total. The smallest absolute Gasteiger partial charge is 0.184 e. The summed E-state index contributed by atoms with van der Waals surface area (Å²) in [7, 11) is 0. The Bertz CT molecular complexity index is 332. The lowest BCUT2D eigenvalue weighted by atomic mass is 10.2. The van der Waals surface area contributed by atoms with Crippen molar-refractivity contribution in [2.24, 2.45) is 0 Å². The van der Waals surface area contributed by atoms with Gasteiger partial charge in [-0.3, -0.25) is 0 Å².